The Morgan fingerprint density at radius 3 is 2.29 bits per heavy atom. The van der Waals surface area contributed by atoms with Crippen LogP contribution in [0.15, 0.2) is 25.3 Å². The lowest BCUT2D eigenvalue weighted by Gasteiger charge is -2.47. The predicted octanol–water partition coefficient (Wildman–Crippen LogP) is 5.14. The van der Waals surface area contributed by atoms with Crippen LogP contribution >= 0.6 is 11.8 Å². The second-order valence-corrected chi connectivity index (χ2v) is 15.9. The molecule has 7 nitrogen and oxygen atoms in total. The van der Waals surface area contributed by atoms with Crippen molar-refractivity contribution in [3.05, 3.63) is 25.3 Å². The van der Waals surface area contributed by atoms with Gasteiger partial charge in [-0.3, -0.25) is 14.4 Å². The summed E-state index contributed by atoms with van der Waals surface area (Å²) in [5, 5.41) is 10.7. The van der Waals surface area contributed by atoms with Gasteiger partial charge in [0.1, 0.15) is 6.04 Å². The van der Waals surface area contributed by atoms with Gasteiger partial charge in [-0.05, 0) is 50.9 Å². The minimum Gasteiger partial charge on any atom is -0.394 e. The smallest absolute Gasteiger partial charge is 0.247 e. The second-order valence-electron chi connectivity index (χ2n) is 14.3. The fourth-order valence-electron chi connectivity index (χ4n) is 8.06. The molecule has 232 valence electrons. The fraction of sp³-hybridized carbons (Fsp3) is 0.788. The lowest BCUT2D eigenvalue weighted by atomic mass is 9.70. The average molecular weight is 590 g/mol. The minimum atomic E-state index is -0.739. The first-order valence-corrected chi connectivity index (χ1v) is 16.5. The summed E-state index contributed by atoms with van der Waals surface area (Å²) in [5.74, 6) is -1.28. The average Bonchev–Trinajstić information content (AvgIpc) is 3.53. The first-order valence-electron chi connectivity index (χ1n) is 15.6. The number of rotatable bonds is 14. The molecule has 41 heavy (non-hydrogen) atoms. The van der Waals surface area contributed by atoms with Gasteiger partial charge in [-0.15, -0.1) is 24.9 Å². The van der Waals surface area contributed by atoms with E-state index in [0.29, 0.717) is 26.1 Å². The first-order chi connectivity index (χ1) is 19.1. The maximum atomic E-state index is 15.0. The molecule has 0 aromatic heterocycles. The number of nitrogens with zero attached hydrogens (tertiary/aromatic N) is 3. The third-order valence-electron chi connectivity index (χ3n) is 9.53. The fourth-order valence-corrected chi connectivity index (χ4v) is 10.2. The van der Waals surface area contributed by atoms with Crippen molar-refractivity contribution in [2.24, 2.45) is 23.2 Å². The van der Waals surface area contributed by atoms with E-state index in [1.165, 1.54) is 0 Å². The van der Waals surface area contributed by atoms with Crippen LogP contribution in [0, 0.1) is 23.2 Å². The first kappa shape index (κ1) is 33.7. The van der Waals surface area contributed by atoms with Gasteiger partial charge in [-0.2, -0.15) is 0 Å². The Morgan fingerprint density at radius 2 is 1.78 bits per heavy atom. The number of fused-ring (bicyclic) bond motifs is 1. The van der Waals surface area contributed by atoms with Crippen molar-refractivity contribution in [2.45, 2.75) is 115 Å². The molecule has 0 radical (unpaired) electrons. The van der Waals surface area contributed by atoms with Gasteiger partial charge in [0, 0.05) is 30.4 Å². The Balaban J connectivity index is 2.17. The molecule has 0 aromatic carbocycles. The van der Waals surface area contributed by atoms with E-state index in [1.54, 1.807) is 28.8 Å². The number of aliphatic hydroxyl groups is 1. The normalized spacial score (nSPS) is 28.8. The topological polar surface area (TPSA) is 81.2 Å². The van der Waals surface area contributed by atoms with Crippen molar-refractivity contribution in [3.63, 3.8) is 0 Å². The lowest BCUT2D eigenvalue weighted by molar-refractivity contribution is -0.150. The Morgan fingerprint density at radius 1 is 1.15 bits per heavy atom. The Kier molecular flexibility index (Phi) is 10.5. The highest BCUT2D eigenvalue weighted by molar-refractivity contribution is 8.02. The largest absolute Gasteiger partial charge is 0.394 e. The van der Waals surface area contributed by atoms with Gasteiger partial charge in [0.05, 0.1) is 29.2 Å². The predicted molar refractivity (Wildman–Crippen MR) is 168 cm³/mol. The van der Waals surface area contributed by atoms with Crippen molar-refractivity contribution in [3.8, 4) is 0 Å². The Labute approximate surface area is 253 Å². The summed E-state index contributed by atoms with van der Waals surface area (Å²) < 4.78 is -0.691. The molecule has 3 heterocycles. The molecule has 3 aliphatic heterocycles. The molecular formula is C33H55N3O4S. The summed E-state index contributed by atoms with van der Waals surface area (Å²) in [6.45, 7) is 25.9. The second kappa shape index (κ2) is 12.8. The molecule has 1 spiro atoms. The number of likely N-dealkylation sites (tertiary alicyclic amines) is 1. The minimum absolute atomic E-state index is 0.00127. The van der Waals surface area contributed by atoms with Crippen LogP contribution in [0.2, 0.25) is 0 Å². The van der Waals surface area contributed by atoms with E-state index in [-0.39, 0.29) is 40.9 Å². The van der Waals surface area contributed by atoms with E-state index in [4.69, 9.17) is 0 Å². The third kappa shape index (κ3) is 6.15. The van der Waals surface area contributed by atoms with Crippen LogP contribution in [-0.2, 0) is 14.4 Å². The number of thioether (sulfide) groups is 1. The number of hydrogen-bond donors (Lipinski definition) is 1. The number of carbonyl (C=O) groups excluding carboxylic acids is 3. The van der Waals surface area contributed by atoms with Gasteiger partial charge < -0.3 is 19.8 Å². The summed E-state index contributed by atoms with van der Waals surface area (Å²) in [6, 6.07) is -1.23. The Hall–Kier alpha value is -1.80. The molecule has 3 amide bonds. The third-order valence-corrected chi connectivity index (χ3v) is 11.5. The maximum absolute atomic E-state index is 15.0. The van der Waals surface area contributed by atoms with Gasteiger partial charge in [0.25, 0.3) is 0 Å². The molecule has 1 N–H and O–H groups in total. The zero-order valence-electron chi connectivity index (χ0n) is 26.8. The number of amides is 3. The molecule has 0 aromatic rings. The van der Waals surface area contributed by atoms with Crippen LogP contribution in [-0.4, -0.2) is 91.4 Å². The van der Waals surface area contributed by atoms with Crippen molar-refractivity contribution in [1.82, 2.24) is 14.7 Å². The van der Waals surface area contributed by atoms with Crippen LogP contribution in [0.25, 0.3) is 0 Å². The SMILES string of the molecule is C=CCN(CCC)C(=O)[C@@H]1[C@H]2C(=O)N([C@@H](CO)[C@@H](C)CC)C(C(=O)N(CC=C)C(C)(C)CC(C)(C)C)C23CC[C@H]1S3. The van der Waals surface area contributed by atoms with E-state index in [1.807, 2.05) is 30.6 Å². The van der Waals surface area contributed by atoms with E-state index >= 15 is 0 Å². The molecule has 7 atom stereocenters. The van der Waals surface area contributed by atoms with Crippen LogP contribution in [0.4, 0.5) is 0 Å². The van der Waals surface area contributed by atoms with Gasteiger partial charge in [-0.25, -0.2) is 0 Å². The summed E-state index contributed by atoms with van der Waals surface area (Å²) in [4.78, 5) is 49.2. The number of aliphatic hydroxyl groups excluding tert-OH is 1. The molecule has 3 saturated heterocycles. The molecule has 3 aliphatic rings. The Bertz CT molecular complexity index is 1010. The zero-order valence-corrected chi connectivity index (χ0v) is 27.6. The monoisotopic (exact) mass is 589 g/mol. The summed E-state index contributed by atoms with van der Waals surface area (Å²) in [6.07, 6.45) is 7.38. The quantitative estimate of drug-likeness (QED) is 0.284. The van der Waals surface area contributed by atoms with Crippen molar-refractivity contribution < 1.29 is 19.5 Å². The van der Waals surface area contributed by atoms with Crippen LogP contribution in [0.5, 0.6) is 0 Å². The molecule has 8 heteroatoms. The number of hydrogen-bond acceptors (Lipinski definition) is 5. The van der Waals surface area contributed by atoms with E-state index in [2.05, 4.69) is 47.8 Å². The number of carbonyl (C=O) groups is 3. The van der Waals surface area contributed by atoms with E-state index in [0.717, 1.165) is 25.7 Å². The highest BCUT2D eigenvalue weighted by Crippen LogP contribution is 2.67. The van der Waals surface area contributed by atoms with Crippen molar-refractivity contribution in [1.29, 1.82) is 0 Å². The van der Waals surface area contributed by atoms with Crippen LogP contribution in [0.3, 0.4) is 0 Å². The van der Waals surface area contributed by atoms with Gasteiger partial charge in [0.2, 0.25) is 17.7 Å². The summed E-state index contributed by atoms with van der Waals surface area (Å²) >= 11 is 1.70. The summed E-state index contributed by atoms with van der Waals surface area (Å²) in [7, 11) is 0. The van der Waals surface area contributed by atoms with Gasteiger partial charge >= 0.3 is 0 Å². The molecule has 3 rings (SSSR count). The zero-order chi connectivity index (χ0) is 30.9. The van der Waals surface area contributed by atoms with Crippen molar-refractivity contribution in [2.75, 3.05) is 26.2 Å². The van der Waals surface area contributed by atoms with E-state index in [9.17, 15) is 19.5 Å². The lowest BCUT2D eigenvalue weighted by Crippen LogP contribution is -2.62. The summed E-state index contributed by atoms with van der Waals surface area (Å²) in [5.41, 5.74) is -0.512. The van der Waals surface area contributed by atoms with Crippen LogP contribution in [0.1, 0.15) is 87.5 Å². The molecular weight excluding hydrogens is 534 g/mol. The maximum Gasteiger partial charge on any atom is 0.247 e. The molecule has 2 bridgehead atoms. The molecule has 0 saturated carbocycles. The molecule has 3 fully saturated rings. The van der Waals surface area contributed by atoms with Crippen molar-refractivity contribution >= 4 is 29.5 Å². The highest BCUT2D eigenvalue weighted by atomic mass is 32.2. The highest BCUT2D eigenvalue weighted by Gasteiger charge is 2.75. The standard InChI is InChI=1S/C33H55N3O4S/c1-11-17-34(18-12-2)28(38)25-24-15-16-33(41-24)26(25)29(39)36(23(20-37)22(5)14-4)27(33)30(40)35(19-13-3)32(9,10)21-31(6,7)8/h11,13,22-27,37H,1,3,12,14-21H2,2,4-10H3/t22-,23-,24+,25-,26-,27?,33?/m0/s1. The van der Waals surface area contributed by atoms with Gasteiger partial charge in [0.15, 0.2) is 0 Å². The molecule has 0 aliphatic carbocycles. The van der Waals surface area contributed by atoms with Gasteiger partial charge in [-0.1, -0.05) is 60.1 Å². The van der Waals surface area contributed by atoms with Crippen LogP contribution < -0.4 is 0 Å². The molecule has 2 unspecified atom stereocenters. The van der Waals surface area contributed by atoms with E-state index < -0.39 is 34.2 Å².